The molecule has 2 aliphatic rings. The van der Waals surface area contributed by atoms with Gasteiger partial charge in [-0.15, -0.1) is 0 Å². The van der Waals surface area contributed by atoms with Gasteiger partial charge in [0.2, 0.25) is 15.7 Å². The van der Waals surface area contributed by atoms with Crippen molar-refractivity contribution < 1.29 is 61.7 Å². The van der Waals surface area contributed by atoms with Crippen LogP contribution in [0.4, 0.5) is 5.82 Å². The van der Waals surface area contributed by atoms with Gasteiger partial charge < -0.3 is 24.8 Å². The Morgan fingerprint density at radius 2 is 1.97 bits per heavy atom. The Kier molecular flexibility index (Phi) is 8.17. The van der Waals surface area contributed by atoms with Gasteiger partial charge in [-0.3, -0.25) is 8.75 Å². The van der Waals surface area contributed by atoms with Crippen LogP contribution in [0.1, 0.15) is 38.3 Å². The molecule has 1 saturated heterocycles. The van der Waals surface area contributed by atoms with Gasteiger partial charge >= 0.3 is 29.6 Å². The van der Waals surface area contributed by atoms with E-state index in [1.165, 1.54) is 17.3 Å². The zero-order chi connectivity index (χ0) is 21.5. The Morgan fingerprint density at radius 1 is 1.26 bits per heavy atom. The maximum Gasteiger partial charge on any atom is 1.00 e. The first-order valence-corrected chi connectivity index (χ1v) is 11.2. The van der Waals surface area contributed by atoms with Crippen molar-refractivity contribution in [1.82, 2.24) is 19.5 Å². The van der Waals surface area contributed by atoms with Crippen LogP contribution in [0.2, 0.25) is 5.28 Å². The quantitative estimate of drug-likeness (QED) is 0.168. The van der Waals surface area contributed by atoms with Crippen molar-refractivity contribution >= 4 is 39.0 Å². The normalized spacial score (nSPS) is 27.4. The number of ether oxygens (including phenoxy) is 1. The van der Waals surface area contributed by atoms with Crippen LogP contribution >= 0.6 is 11.6 Å². The van der Waals surface area contributed by atoms with Gasteiger partial charge in [0.1, 0.15) is 18.3 Å². The Hall–Kier alpha value is -0.610. The molecule has 3 N–H and O–H groups in total. The van der Waals surface area contributed by atoms with Gasteiger partial charge in [0.15, 0.2) is 23.2 Å². The van der Waals surface area contributed by atoms with Gasteiger partial charge in [0, 0.05) is 6.04 Å². The number of imidazole rings is 1. The fourth-order valence-electron chi connectivity index (χ4n) is 3.86. The Balaban J connectivity index is 0.00000272. The zero-order valence-electron chi connectivity index (χ0n) is 16.7. The molecule has 15 heteroatoms. The number of aliphatic hydroxyl groups excluding tert-OH is 2. The van der Waals surface area contributed by atoms with Crippen LogP contribution in [0, 0.1) is 0 Å². The molecule has 166 valence electrons. The first kappa shape index (κ1) is 25.0. The number of hydrogen-bond acceptors (Lipinski definition) is 11. The van der Waals surface area contributed by atoms with Crippen molar-refractivity contribution in [3.63, 3.8) is 0 Å². The van der Waals surface area contributed by atoms with E-state index in [0.29, 0.717) is 11.3 Å². The topological polar surface area (TPSA) is 172 Å². The molecule has 31 heavy (non-hydrogen) atoms. The Morgan fingerprint density at radius 3 is 2.65 bits per heavy atom. The van der Waals surface area contributed by atoms with E-state index in [-0.39, 0.29) is 46.5 Å². The van der Waals surface area contributed by atoms with Gasteiger partial charge in [0.05, 0.1) is 12.9 Å². The van der Waals surface area contributed by atoms with Gasteiger partial charge in [-0.25, -0.2) is 13.4 Å². The third-order valence-electron chi connectivity index (χ3n) is 5.33. The van der Waals surface area contributed by atoms with E-state index >= 15 is 0 Å². The van der Waals surface area contributed by atoms with E-state index in [1.54, 1.807) is 0 Å². The van der Waals surface area contributed by atoms with E-state index in [2.05, 4.69) is 24.5 Å². The smallest absolute Gasteiger partial charge is 0.726 e. The van der Waals surface area contributed by atoms with E-state index in [0.717, 1.165) is 25.7 Å². The first-order valence-electron chi connectivity index (χ1n) is 9.51. The number of halogens is 1. The molecular formula is C16H21ClN5NaO7S. The fraction of sp³-hybridized carbons (Fsp3) is 0.688. The van der Waals surface area contributed by atoms with Crippen LogP contribution in [0.15, 0.2) is 6.33 Å². The molecule has 12 nitrogen and oxygen atoms in total. The number of hydrogen-bond donors (Lipinski definition) is 3. The third kappa shape index (κ3) is 5.66. The van der Waals surface area contributed by atoms with Crippen LogP contribution in [-0.2, 0) is 19.3 Å². The molecule has 2 aromatic rings. The molecule has 0 amide bonds. The van der Waals surface area contributed by atoms with E-state index in [9.17, 15) is 23.2 Å². The van der Waals surface area contributed by atoms with Crippen molar-refractivity contribution in [2.75, 3.05) is 11.9 Å². The number of aromatic nitrogens is 4. The molecule has 2 aromatic heterocycles. The molecule has 3 heterocycles. The van der Waals surface area contributed by atoms with E-state index in [4.69, 9.17) is 16.3 Å². The second kappa shape index (κ2) is 10.1. The second-order valence-electron chi connectivity index (χ2n) is 7.38. The van der Waals surface area contributed by atoms with Gasteiger partial charge in [-0.2, -0.15) is 9.97 Å². The molecule has 4 atom stereocenters. The van der Waals surface area contributed by atoms with Crippen molar-refractivity contribution in [2.24, 2.45) is 0 Å². The predicted octanol–water partition coefficient (Wildman–Crippen LogP) is -2.68. The zero-order valence-corrected chi connectivity index (χ0v) is 20.3. The molecule has 1 aliphatic heterocycles. The summed E-state index contributed by atoms with van der Waals surface area (Å²) >= 11 is 6.09. The number of aliphatic hydroxyl groups is 2. The summed E-state index contributed by atoms with van der Waals surface area (Å²) in [6, 6.07) is 0.240. The fourth-order valence-corrected chi connectivity index (χ4v) is 4.33. The molecule has 2 fully saturated rings. The SMILES string of the molecule is O=S(=O)([O-])OC[C@H]1O[C@@H](n2cnc3c(NC4CCCCC4)nc(Cl)nc32)[C@H](O)[C@H]1O.[Na+]. The van der Waals surface area contributed by atoms with E-state index < -0.39 is 41.5 Å². The van der Waals surface area contributed by atoms with E-state index in [1.807, 2.05) is 0 Å². The van der Waals surface area contributed by atoms with Gasteiger partial charge in [0.25, 0.3) is 0 Å². The standard InChI is InChI=1S/C16H22ClN5O7S.Na/c17-16-20-13(19-8-4-2-1-3-5-8)10-14(21-16)22(7-18-10)15-12(24)11(23)9(29-15)6-28-30(25,26)27;/h7-9,11-12,15,23-24H,1-6H2,(H,19,20,21)(H,25,26,27);/q;+1/p-1/t9-,11+,12-,15-;/m1./s1. The second-order valence-corrected chi connectivity index (χ2v) is 8.77. The van der Waals surface area contributed by atoms with Crippen molar-refractivity contribution in [1.29, 1.82) is 0 Å². The summed E-state index contributed by atoms with van der Waals surface area (Å²) in [6.45, 7) is -0.739. The average molecular weight is 486 g/mol. The third-order valence-corrected chi connectivity index (χ3v) is 5.92. The summed E-state index contributed by atoms with van der Waals surface area (Å²) < 4.78 is 43.1. The van der Waals surface area contributed by atoms with Crippen LogP contribution in [0.3, 0.4) is 0 Å². The van der Waals surface area contributed by atoms with Crippen molar-refractivity contribution in [2.45, 2.75) is 62.7 Å². The van der Waals surface area contributed by atoms with Crippen LogP contribution in [0.25, 0.3) is 11.2 Å². The summed E-state index contributed by atoms with van der Waals surface area (Å²) in [6.07, 6.45) is 1.47. The summed E-state index contributed by atoms with van der Waals surface area (Å²) in [5.41, 5.74) is 0.680. The van der Waals surface area contributed by atoms with Crippen molar-refractivity contribution in [3.8, 4) is 0 Å². The minimum atomic E-state index is -4.97. The summed E-state index contributed by atoms with van der Waals surface area (Å²) in [7, 11) is -4.97. The molecule has 0 aromatic carbocycles. The Labute approximate surface area is 205 Å². The largest absolute Gasteiger partial charge is 1.00 e. The van der Waals surface area contributed by atoms with Crippen molar-refractivity contribution in [3.05, 3.63) is 11.6 Å². The Bertz CT molecular complexity index is 1020. The summed E-state index contributed by atoms with van der Waals surface area (Å²) in [5.74, 6) is 0.459. The van der Waals surface area contributed by atoms with Crippen LogP contribution in [-0.4, -0.2) is 73.7 Å². The minimum absolute atomic E-state index is 0. The summed E-state index contributed by atoms with van der Waals surface area (Å²) in [4.78, 5) is 12.7. The monoisotopic (exact) mass is 485 g/mol. The molecule has 0 spiro atoms. The van der Waals surface area contributed by atoms with Gasteiger partial charge in [-0.05, 0) is 24.4 Å². The van der Waals surface area contributed by atoms with Crippen LogP contribution < -0.4 is 34.9 Å². The number of nitrogens with one attached hydrogen (secondary N) is 1. The number of fused-ring (bicyclic) bond motifs is 1. The molecule has 1 aliphatic carbocycles. The maximum absolute atomic E-state index is 10.7. The molecule has 0 bridgehead atoms. The van der Waals surface area contributed by atoms with Crippen LogP contribution in [0.5, 0.6) is 0 Å². The summed E-state index contributed by atoms with van der Waals surface area (Å²) in [5, 5.41) is 23.9. The number of nitrogens with zero attached hydrogens (tertiary/aromatic N) is 4. The average Bonchev–Trinajstić information content (AvgIpc) is 3.22. The maximum atomic E-state index is 10.7. The molecule has 4 rings (SSSR count). The molecule has 0 radical (unpaired) electrons. The number of rotatable bonds is 6. The minimum Gasteiger partial charge on any atom is -0.726 e. The molecule has 0 unspecified atom stereocenters. The number of anilines is 1. The van der Waals surface area contributed by atoms with Gasteiger partial charge in [-0.1, -0.05) is 19.3 Å². The first-order chi connectivity index (χ1) is 14.2. The molecular weight excluding hydrogens is 465 g/mol. The molecule has 1 saturated carbocycles. The predicted molar refractivity (Wildman–Crippen MR) is 102 cm³/mol.